The van der Waals surface area contributed by atoms with Crippen LogP contribution in [0.25, 0.3) is 0 Å². The van der Waals surface area contributed by atoms with E-state index in [2.05, 4.69) is 20.2 Å². The Bertz CT molecular complexity index is 377. The maximum atomic E-state index is 5.69. The standard InChI is InChI=1S/C12H20N4O/c1-9-6-14-10(2)12(15-9)16(3)8-11-7-13-4-5-17-11/h6,11,13H,4-5,7-8H2,1-3H3. The highest BCUT2D eigenvalue weighted by atomic mass is 16.5. The number of morpholine rings is 1. The van der Waals surface area contributed by atoms with Gasteiger partial charge < -0.3 is 15.0 Å². The molecule has 17 heavy (non-hydrogen) atoms. The lowest BCUT2D eigenvalue weighted by atomic mass is 10.3. The van der Waals surface area contributed by atoms with Gasteiger partial charge in [-0.1, -0.05) is 0 Å². The summed E-state index contributed by atoms with van der Waals surface area (Å²) < 4.78 is 5.69. The predicted molar refractivity (Wildman–Crippen MR) is 67.4 cm³/mol. The zero-order valence-electron chi connectivity index (χ0n) is 10.7. The van der Waals surface area contributed by atoms with Crippen LogP contribution in [-0.4, -0.2) is 49.4 Å². The van der Waals surface area contributed by atoms with Gasteiger partial charge in [0.1, 0.15) is 5.82 Å². The van der Waals surface area contributed by atoms with Crippen molar-refractivity contribution in [2.24, 2.45) is 0 Å². The molecule has 2 heterocycles. The largest absolute Gasteiger partial charge is 0.374 e. The third kappa shape index (κ3) is 3.14. The van der Waals surface area contributed by atoms with Crippen molar-refractivity contribution in [2.75, 3.05) is 38.2 Å². The fraction of sp³-hybridized carbons (Fsp3) is 0.667. The molecule has 94 valence electrons. The average molecular weight is 236 g/mol. The summed E-state index contributed by atoms with van der Waals surface area (Å²) in [7, 11) is 2.04. The lowest BCUT2D eigenvalue weighted by Crippen LogP contribution is -2.44. The van der Waals surface area contributed by atoms with Gasteiger partial charge >= 0.3 is 0 Å². The summed E-state index contributed by atoms with van der Waals surface area (Å²) >= 11 is 0. The monoisotopic (exact) mass is 236 g/mol. The van der Waals surface area contributed by atoms with E-state index in [9.17, 15) is 0 Å². The topological polar surface area (TPSA) is 50.3 Å². The van der Waals surface area contributed by atoms with Crippen LogP contribution in [0.2, 0.25) is 0 Å². The molecule has 1 fully saturated rings. The van der Waals surface area contributed by atoms with Gasteiger partial charge in [-0.05, 0) is 13.8 Å². The summed E-state index contributed by atoms with van der Waals surface area (Å²) in [5.74, 6) is 0.944. The van der Waals surface area contributed by atoms with Crippen molar-refractivity contribution in [2.45, 2.75) is 20.0 Å². The van der Waals surface area contributed by atoms with Crippen molar-refractivity contribution in [3.8, 4) is 0 Å². The Morgan fingerprint density at radius 3 is 3.06 bits per heavy atom. The van der Waals surface area contributed by atoms with Crippen LogP contribution in [0.1, 0.15) is 11.4 Å². The van der Waals surface area contributed by atoms with E-state index < -0.39 is 0 Å². The van der Waals surface area contributed by atoms with Gasteiger partial charge in [-0.15, -0.1) is 0 Å². The van der Waals surface area contributed by atoms with Crippen molar-refractivity contribution < 1.29 is 4.74 Å². The molecule has 0 amide bonds. The number of rotatable bonds is 3. The minimum absolute atomic E-state index is 0.232. The highest BCUT2D eigenvalue weighted by molar-refractivity contribution is 5.42. The van der Waals surface area contributed by atoms with Gasteiger partial charge in [-0.25, -0.2) is 4.98 Å². The number of nitrogens with one attached hydrogen (secondary N) is 1. The smallest absolute Gasteiger partial charge is 0.150 e. The second kappa shape index (κ2) is 5.42. The molecule has 1 aromatic rings. The van der Waals surface area contributed by atoms with Crippen LogP contribution in [0.5, 0.6) is 0 Å². The summed E-state index contributed by atoms with van der Waals surface area (Å²) in [6.45, 7) is 7.43. The van der Waals surface area contributed by atoms with Gasteiger partial charge in [0.05, 0.1) is 24.1 Å². The van der Waals surface area contributed by atoms with Crippen molar-refractivity contribution >= 4 is 5.82 Å². The molecular weight excluding hydrogens is 216 g/mol. The van der Waals surface area contributed by atoms with Crippen LogP contribution < -0.4 is 10.2 Å². The first-order chi connectivity index (χ1) is 8.16. The van der Waals surface area contributed by atoms with E-state index in [-0.39, 0.29) is 6.10 Å². The van der Waals surface area contributed by atoms with E-state index >= 15 is 0 Å². The Kier molecular flexibility index (Phi) is 3.91. The van der Waals surface area contributed by atoms with E-state index in [1.54, 1.807) is 6.20 Å². The molecule has 1 aromatic heterocycles. The molecular formula is C12H20N4O. The highest BCUT2D eigenvalue weighted by Gasteiger charge is 2.17. The number of hydrogen-bond acceptors (Lipinski definition) is 5. The first-order valence-corrected chi connectivity index (χ1v) is 6.00. The van der Waals surface area contributed by atoms with Crippen molar-refractivity contribution in [1.29, 1.82) is 0 Å². The zero-order valence-corrected chi connectivity index (χ0v) is 10.7. The van der Waals surface area contributed by atoms with Gasteiger partial charge in [0.25, 0.3) is 0 Å². The second-order valence-corrected chi connectivity index (χ2v) is 4.50. The maximum Gasteiger partial charge on any atom is 0.150 e. The molecule has 0 aromatic carbocycles. The van der Waals surface area contributed by atoms with Crippen molar-refractivity contribution in [3.63, 3.8) is 0 Å². The Balaban J connectivity index is 2.02. The number of ether oxygens (including phenoxy) is 1. The molecule has 0 spiro atoms. The molecule has 5 nitrogen and oxygen atoms in total. The van der Waals surface area contributed by atoms with Crippen molar-refractivity contribution in [1.82, 2.24) is 15.3 Å². The highest BCUT2D eigenvalue weighted by Crippen LogP contribution is 2.14. The van der Waals surface area contributed by atoms with E-state index in [1.165, 1.54) is 0 Å². The van der Waals surface area contributed by atoms with Gasteiger partial charge in [-0.3, -0.25) is 4.98 Å². The Hall–Kier alpha value is -1.20. The van der Waals surface area contributed by atoms with Crippen molar-refractivity contribution in [3.05, 3.63) is 17.6 Å². The molecule has 5 heteroatoms. The molecule has 0 saturated carbocycles. The third-order valence-corrected chi connectivity index (χ3v) is 2.89. The third-order valence-electron chi connectivity index (χ3n) is 2.89. The normalized spacial score (nSPS) is 20.3. The van der Waals surface area contributed by atoms with E-state index in [0.717, 1.165) is 43.4 Å². The number of aryl methyl sites for hydroxylation is 2. The number of likely N-dealkylation sites (N-methyl/N-ethyl adjacent to an activating group) is 1. The Morgan fingerprint density at radius 1 is 1.53 bits per heavy atom. The number of hydrogen-bond donors (Lipinski definition) is 1. The SMILES string of the molecule is Cc1cnc(C)c(N(C)CC2CNCCO2)n1. The summed E-state index contributed by atoms with van der Waals surface area (Å²) in [5.41, 5.74) is 1.90. The van der Waals surface area contributed by atoms with Crippen LogP contribution in [0, 0.1) is 13.8 Å². The molecule has 1 N–H and O–H groups in total. The van der Waals surface area contributed by atoms with Gasteiger partial charge in [-0.2, -0.15) is 0 Å². The molecule has 0 radical (unpaired) electrons. The zero-order chi connectivity index (χ0) is 12.3. The van der Waals surface area contributed by atoms with Crippen LogP contribution in [0.15, 0.2) is 6.20 Å². The number of aromatic nitrogens is 2. The molecule has 2 rings (SSSR count). The first-order valence-electron chi connectivity index (χ1n) is 6.00. The molecule has 1 atom stereocenters. The molecule has 1 saturated heterocycles. The van der Waals surface area contributed by atoms with Gasteiger partial charge in [0, 0.05) is 32.9 Å². The van der Waals surface area contributed by atoms with Gasteiger partial charge in [0.2, 0.25) is 0 Å². The minimum atomic E-state index is 0.232. The quantitative estimate of drug-likeness (QED) is 0.829. The fourth-order valence-electron chi connectivity index (χ4n) is 2.02. The molecule has 1 aliphatic rings. The average Bonchev–Trinajstić information content (AvgIpc) is 2.33. The Labute approximate surface area is 102 Å². The molecule has 1 aliphatic heterocycles. The van der Waals surface area contributed by atoms with Crippen LogP contribution in [-0.2, 0) is 4.74 Å². The van der Waals surface area contributed by atoms with Gasteiger partial charge in [0.15, 0.2) is 0 Å². The summed E-state index contributed by atoms with van der Waals surface area (Å²) in [4.78, 5) is 11.0. The molecule has 1 unspecified atom stereocenters. The summed E-state index contributed by atoms with van der Waals surface area (Å²) in [6.07, 6.45) is 2.03. The number of nitrogens with zero attached hydrogens (tertiary/aromatic N) is 3. The Morgan fingerprint density at radius 2 is 2.35 bits per heavy atom. The maximum absolute atomic E-state index is 5.69. The fourth-order valence-corrected chi connectivity index (χ4v) is 2.02. The summed E-state index contributed by atoms with van der Waals surface area (Å²) in [5, 5.41) is 3.33. The predicted octanol–water partition coefficient (Wildman–Crippen LogP) is 0.518. The second-order valence-electron chi connectivity index (χ2n) is 4.50. The first kappa shape index (κ1) is 12.3. The molecule has 0 bridgehead atoms. The van der Waals surface area contributed by atoms with Crippen LogP contribution in [0.3, 0.4) is 0 Å². The van der Waals surface area contributed by atoms with E-state index in [0.29, 0.717) is 0 Å². The number of anilines is 1. The van der Waals surface area contributed by atoms with Crippen LogP contribution in [0.4, 0.5) is 5.82 Å². The molecule has 0 aliphatic carbocycles. The van der Waals surface area contributed by atoms with Crippen LogP contribution >= 0.6 is 0 Å². The van der Waals surface area contributed by atoms with E-state index in [1.807, 2.05) is 20.9 Å². The lowest BCUT2D eigenvalue weighted by Gasteiger charge is -2.29. The lowest BCUT2D eigenvalue weighted by molar-refractivity contribution is 0.0339. The minimum Gasteiger partial charge on any atom is -0.374 e. The summed E-state index contributed by atoms with van der Waals surface area (Å²) in [6, 6.07) is 0. The van der Waals surface area contributed by atoms with E-state index in [4.69, 9.17) is 4.74 Å².